The van der Waals surface area contributed by atoms with Crippen molar-refractivity contribution >= 4 is 39.3 Å². The quantitative estimate of drug-likeness (QED) is 0.270. The molecule has 216 valence electrons. The first-order valence-corrected chi connectivity index (χ1v) is 15.6. The molecule has 4 aliphatic rings. The molecule has 4 heterocycles. The lowest BCUT2D eigenvalue weighted by Crippen LogP contribution is -2.50. The van der Waals surface area contributed by atoms with Gasteiger partial charge in [-0.2, -0.15) is 0 Å². The van der Waals surface area contributed by atoms with E-state index in [0.717, 1.165) is 81.6 Å². The van der Waals surface area contributed by atoms with Gasteiger partial charge < -0.3 is 14.1 Å². The van der Waals surface area contributed by atoms with Crippen molar-refractivity contribution in [1.29, 1.82) is 0 Å². The number of furan rings is 1. The zero-order valence-corrected chi connectivity index (χ0v) is 24.7. The Kier molecular flexibility index (Phi) is 5.89. The highest BCUT2D eigenvalue weighted by Gasteiger charge is 2.51. The number of hydrogen-bond acceptors (Lipinski definition) is 5. The molecule has 7 heteroatoms. The fourth-order valence-electron chi connectivity index (χ4n) is 7.83. The average Bonchev–Trinajstić information content (AvgIpc) is 3.79. The maximum Gasteiger partial charge on any atom is 0.411 e. The fourth-order valence-corrected chi connectivity index (χ4v) is 7.83. The second kappa shape index (κ2) is 9.58. The number of rotatable bonds is 4. The summed E-state index contributed by atoms with van der Waals surface area (Å²) in [6, 6.07) is 13.2. The zero-order valence-electron chi connectivity index (χ0n) is 24.7. The summed E-state index contributed by atoms with van der Waals surface area (Å²) in [5, 5.41) is 2.23. The van der Waals surface area contributed by atoms with Crippen molar-refractivity contribution in [3.05, 3.63) is 60.2 Å². The molecule has 2 aliphatic carbocycles. The first-order valence-electron chi connectivity index (χ1n) is 15.6. The van der Waals surface area contributed by atoms with E-state index >= 15 is 0 Å². The lowest BCUT2D eigenvalue weighted by atomic mass is 9.90. The smallest absolute Gasteiger partial charge is 0.411 e. The third-order valence-electron chi connectivity index (χ3n) is 9.78. The van der Waals surface area contributed by atoms with Gasteiger partial charge in [0.1, 0.15) is 22.6 Å². The van der Waals surface area contributed by atoms with E-state index in [0.29, 0.717) is 11.8 Å². The molecule has 2 aliphatic heterocycles. The summed E-state index contributed by atoms with van der Waals surface area (Å²) < 4.78 is 12.2. The van der Waals surface area contributed by atoms with Crippen molar-refractivity contribution in [1.82, 2.24) is 14.9 Å². The van der Waals surface area contributed by atoms with Crippen LogP contribution in [0.15, 0.2) is 58.2 Å². The van der Waals surface area contributed by atoms with Crippen molar-refractivity contribution in [2.75, 3.05) is 0 Å². The average molecular weight is 563 g/mol. The van der Waals surface area contributed by atoms with Gasteiger partial charge in [-0.3, -0.25) is 9.89 Å². The van der Waals surface area contributed by atoms with Crippen molar-refractivity contribution < 1.29 is 13.9 Å². The van der Waals surface area contributed by atoms with Crippen LogP contribution in [0.25, 0.3) is 38.8 Å². The highest BCUT2D eigenvalue weighted by atomic mass is 16.6. The normalized spacial score (nSPS) is 24.3. The van der Waals surface area contributed by atoms with Crippen LogP contribution >= 0.6 is 0 Å². The second-order valence-electron chi connectivity index (χ2n) is 13.7. The van der Waals surface area contributed by atoms with Gasteiger partial charge in [-0.05, 0) is 94.2 Å². The molecule has 2 bridgehead atoms. The van der Waals surface area contributed by atoms with Gasteiger partial charge in [-0.1, -0.05) is 25.0 Å². The Hall–Kier alpha value is -3.87. The molecule has 8 rings (SSSR count). The summed E-state index contributed by atoms with van der Waals surface area (Å²) in [7, 11) is 0. The number of carbonyl (C=O) groups excluding carboxylic acids is 1. The first-order chi connectivity index (χ1) is 20.3. The number of aromatic nitrogens is 2. The second-order valence-corrected chi connectivity index (χ2v) is 13.7. The standard InChI is InChI=1S/C35H38N4O3/c1-35(2,3)42-34(40)39-25-11-8-23(14-25)32(39)28-15-24(18-36-28)21-9-12-26-27-13-10-22(17-31(27)41-30(26)16-21)29-19-37-33(38-29)20-6-4-5-7-20/h9-10,12-13,16-20,23,25,32H,4-8,11,14-15H2,1-3H3,(H,37,38)/t23-,25+,32-/m0/s1. The summed E-state index contributed by atoms with van der Waals surface area (Å²) in [6.45, 7) is 5.79. The van der Waals surface area contributed by atoms with E-state index in [1.54, 1.807) is 0 Å². The Bertz CT molecular complexity index is 1760. The molecule has 3 fully saturated rings. The Morgan fingerprint density at radius 1 is 1.00 bits per heavy atom. The number of hydrogen-bond donors (Lipinski definition) is 1. The number of ether oxygens (including phenoxy) is 1. The number of benzene rings is 2. The largest absolute Gasteiger partial charge is 0.456 e. The van der Waals surface area contributed by atoms with Crippen LogP contribution in [0.1, 0.15) is 89.4 Å². The number of aliphatic imine (C=N–C) groups is 1. The maximum atomic E-state index is 13.2. The summed E-state index contributed by atoms with van der Waals surface area (Å²) in [5.41, 5.74) is 6.74. The highest BCUT2D eigenvalue weighted by Crippen LogP contribution is 2.46. The number of nitrogens with zero attached hydrogens (tertiary/aromatic N) is 3. The molecule has 0 unspecified atom stereocenters. The van der Waals surface area contributed by atoms with Gasteiger partial charge in [0.05, 0.1) is 17.9 Å². The predicted octanol–water partition coefficient (Wildman–Crippen LogP) is 8.61. The van der Waals surface area contributed by atoms with Gasteiger partial charge in [-0.25, -0.2) is 9.78 Å². The highest BCUT2D eigenvalue weighted by molar-refractivity contribution is 6.08. The van der Waals surface area contributed by atoms with Crippen molar-refractivity contribution in [2.45, 2.75) is 95.7 Å². The van der Waals surface area contributed by atoms with Crippen LogP contribution in [0.2, 0.25) is 0 Å². The molecule has 7 nitrogen and oxygen atoms in total. The number of imidazole rings is 1. The monoisotopic (exact) mass is 562 g/mol. The molecule has 2 saturated carbocycles. The van der Waals surface area contributed by atoms with Crippen LogP contribution in [0.5, 0.6) is 0 Å². The molecule has 0 spiro atoms. The molecule has 0 radical (unpaired) electrons. The molecule has 1 saturated heterocycles. The molecule has 2 aromatic carbocycles. The van der Waals surface area contributed by atoms with Gasteiger partial charge in [0, 0.05) is 46.6 Å². The van der Waals surface area contributed by atoms with Crippen LogP contribution in [0.4, 0.5) is 4.79 Å². The van der Waals surface area contributed by atoms with Crippen molar-refractivity contribution in [3.8, 4) is 11.3 Å². The molecular formula is C35H38N4O3. The van der Waals surface area contributed by atoms with Crippen molar-refractivity contribution in [2.24, 2.45) is 10.9 Å². The molecular weight excluding hydrogens is 524 g/mol. The Morgan fingerprint density at radius 3 is 2.50 bits per heavy atom. The van der Waals surface area contributed by atoms with E-state index in [1.807, 2.05) is 38.1 Å². The van der Waals surface area contributed by atoms with Gasteiger partial charge in [0.25, 0.3) is 0 Å². The summed E-state index contributed by atoms with van der Waals surface area (Å²) >= 11 is 0. The van der Waals surface area contributed by atoms with E-state index < -0.39 is 5.60 Å². The fraction of sp³-hybridized carbons (Fsp3) is 0.457. The number of likely N-dealkylation sites (tertiary alicyclic amines) is 1. The van der Waals surface area contributed by atoms with Crippen LogP contribution in [0, 0.1) is 5.92 Å². The minimum atomic E-state index is -0.510. The molecule has 2 aromatic heterocycles. The summed E-state index contributed by atoms with van der Waals surface area (Å²) in [4.78, 5) is 28.3. The molecule has 3 atom stereocenters. The third kappa shape index (κ3) is 4.36. The Labute approximate surface area is 246 Å². The number of carbonyl (C=O) groups is 1. The Balaban J connectivity index is 1.03. The molecule has 42 heavy (non-hydrogen) atoms. The van der Waals surface area contributed by atoms with Crippen LogP contribution in [0.3, 0.4) is 0 Å². The number of aromatic amines is 1. The van der Waals surface area contributed by atoms with Gasteiger partial charge >= 0.3 is 6.09 Å². The van der Waals surface area contributed by atoms with E-state index in [4.69, 9.17) is 19.1 Å². The maximum absolute atomic E-state index is 13.2. The minimum Gasteiger partial charge on any atom is -0.456 e. The lowest BCUT2D eigenvalue weighted by Gasteiger charge is -2.36. The van der Waals surface area contributed by atoms with Gasteiger partial charge in [-0.15, -0.1) is 0 Å². The third-order valence-corrected chi connectivity index (χ3v) is 9.78. The number of piperidine rings is 1. The molecule has 4 aromatic rings. The topological polar surface area (TPSA) is 83.7 Å². The number of allylic oxidation sites excluding steroid dienone is 1. The van der Waals surface area contributed by atoms with E-state index in [-0.39, 0.29) is 18.2 Å². The zero-order chi connectivity index (χ0) is 28.6. The van der Waals surface area contributed by atoms with E-state index in [1.165, 1.54) is 25.7 Å². The number of fused-ring (bicyclic) bond motifs is 5. The van der Waals surface area contributed by atoms with E-state index in [2.05, 4.69) is 41.4 Å². The van der Waals surface area contributed by atoms with Gasteiger partial charge in [0.15, 0.2) is 0 Å². The summed E-state index contributed by atoms with van der Waals surface area (Å²) in [6.07, 6.45) is 12.8. The van der Waals surface area contributed by atoms with Crippen LogP contribution in [-0.2, 0) is 4.74 Å². The Morgan fingerprint density at radius 2 is 1.74 bits per heavy atom. The SMILES string of the molecule is CC(C)(C)OC(=O)N1[C@@H]2CC[C@@H](C2)[C@H]1C1=NC=C(c2ccc3c(c2)oc2cc(-c4cnc(C5CCCC5)[nH]4)ccc23)C1. The lowest BCUT2D eigenvalue weighted by molar-refractivity contribution is 0.0142. The van der Waals surface area contributed by atoms with E-state index in [9.17, 15) is 4.79 Å². The van der Waals surface area contributed by atoms with Gasteiger partial charge in [0.2, 0.25) is 0 Å². The predicted molar refractivity (Wildman–Crippen MR) is 166 cm³/mol. The van der Waals surface area contributed by atoms with Crippen LogP contribution in [-0.4, -0.2) is 44.4 Å². The first kappa shape index (κ1) is 25.8. The van der Waals surface area contributed by atoms with Crippen LogP contribution < -0.4 is 0 Å². The number of H-pyrrole nitrogens is 1. The number of amides is 1. The minimum absolute atomic E-state index is 0.0253. The molecule has 1 N–H and O–H groups in total. The van der Waals surface area contributed by atoms with Crippen molar-refractivity contribution in [3.63, 3.8) is 0 Å². The number of nitrogens with one attached hydrogen (secondary N) is 1. The summed E-state index contributed by atoms with van der Waals surface area (Å²) in [5.74, 6) is 2.14. The molecule has 1 amide bonds.